The van der Waals surface area contributed by atoms with Gasteiger partial charge in [-0.25, -0.2) is 0 Å². The maximum Gasteiger partial charge on any atom is 0.0365 e. The standard InChI is InChI=1S/C15H26N2/c1-7-15(12-16-9-5-14(15)6-10-16)17(8-1)11-4-13-2-3-13/h13-14H,1-12H2. The molecule has 4 saturated heterocycles. The van der Waals surface area contributed by atoms with Crippen LogP contribution in [0.1, 0.15) is 44.9 Å². The fourth-order valence-corrected chi connectivity index (χ4v) is 4.82. The van der Waals surface area contributed by atoms with Gasteiger partial charge in [-0.15, -0.1) is 0 Å². The van der Waals surface area contributed by atoms with Crippen LogP contribution in [0.3, 0.4) is 0 Å². The molecule has 2 nitrogen and oxygen atoms in total. The van der Waals surface area contributed by atoms with E-state index < -0.39 is 0 Å². The van der Waals surface area contributed by atoms with Gasteiger partial charge in [-0.3, -0.25) is 4.90 Å². The highest BCUT2D eigenvalue weighted by Crippen LogP contribution is 2.46. The smallest absolute Gasteiger partial charge is 0.0365 e. The molecule has 5 fully saturated rings. The second-order valence-electron chi connectivity index (χ2n) is 6.98. The van der Waals surface area contributed by atoms with Gasteiger partial charge in [0, 0.05) is 12.1 Å². The molecule has 0 aromatic rings. The summed E-state index contributed by atoms with van der Waals surface area (Å²) in [7, 11) is 0. The molecule has 96 valence electrons. The zero-order valence-corrected chi connectivity index (χ0v) is 11.0. The zero-order valence-electron chi connectivity index (χ0n) is 11.0. The SMILES string of the molecule is C1CN(CCC2CC2)C2(C1)CN1CCC2CC1. The van der Waals surface area contributed by atoms with E-state index in [0.717, 1.165) is 11.8 Å². The van der Waals surface area contributed by atoms with Crippen LogP contribution >= 0.6 is 0 Å². The molecule has 1 aliphatic carbocycles. The van der Waals surface area contributed by atoms with E-state index in [1.165, 1.54) is 77.7 Å². The second-order valence-corrected chi connectivity index (χ2v) is 6.98. The van der Waals surface area contributed by atoms with Crippen molar-refractivity contribution >= 4 is 0 Å². The van der Waals surface area contributed by atoms with Crippen molar-refractivity contribution in [2.45, 2.75) is 50.5 Å². The number of hydrogen-bond acceptors (Lipinski definition) is 2. The third-order valence-corrected chi connectivity index (χ3v) is 6.02. The molecule has 17 heavy (non-hydrogen) atoms. The van der Waals surface area contributed by atoms with Crippen LogP contribution in [0.2, 0.25) is 0 Å². The fraction of sp³-hybridized carbons (Fsp3) is 1.00. The van der Waals surface area contributed by atoms with Crippen molar-refractivity contribution in [3.05, 3.63) is 0 Å². The topological polar surface area (TPSA) is 6.48 Å². The van der Waals surface area contributed by atoms with Gasteiger partial charge in [0.05, 0.1) is 0 Å². The van der Waals surface area contributed by atoms with Crippen LogP contribution in [-0.2, 0) is 0 Å². The van der Waals surface area contributed by atoms with Crippen molar-refractivity contribution in [1.29, 1.82) is 0 Å². The van der Waals surface area contributed by atoms with Crippen molar-refractivity contribution in [1.82, 2.24) is 9.80 Å². The maximum absolute atomic E-state index is 2.92. The minimum atomic E-state index is 0.630. The summed E-state index contributed by atoms with van der Waals surface area (Å²) in [4.78, 5) is 5.66. The van der Waals surface area contributed by atoms with E-state index in [9.17, 15) is 0 Å². The van der Waals surface area contributed by atoms with E-state index in [0.29, 0.717) is 5.54 Å². The highest BCUT2D eigenvalue weighted by atomic mass is 15.3. The molecule has 5 rings (SSSR count). The quantitative estimate of drug-likeness (QED) is 0.739. The van der Waals surface area contributed by atoms with E-state index in [1.54, 1.807) is 0 Å². The van der Waals surface area contributed by atoms with Gasteiger partial charge >= 0.3 is 0 Å². The predicted molar refractivity (Wildman–Crippen MR) is 70.0 cm³/mol. The van der Waals surface area contributed by atoms with Crippen LogP contribution in [0.5, 0.6) is 0 Å². The van der Waals surface area contributed by atoms with Gasteiger partial charge in [0.2, 0.25) is 0 Å². The minimum Gasteiger partial charge on any atom is -0.301 e. The predicted octanol–water partition coefficient (Wildman–Crippen LogP) is 2.35. The molecular weight excluding hydrogens is 208 g/mol. The van der Waals surface area contributed by atoms with Gasteiger partial charge in [-0.1, -0.05) is 12.8 Å². The van der Waals surface area contributed by atoms with E-state index >= 15 is 0 Å². The lowest BCUT2D eigenvalue weighted by molar-refractivity contribution is -0.0514. The molecule has 0 N–H and O–H groups in total. The van der Waals surface area contributed by atoms with Crippen molar-refractivity contribution in [3.8, 4) is 0 Å². The molecule has 0 radical (unpaired) electrons. The third kappa shape index (κ3) is 1.76. The molecule has 0 amide bonds. The summed E-state index contributed by atoms with van der Waals surface area (Å²) in [5.41, 5.74) is 0.630. The zero-order chi connectivity index (χ0) is 11.3. The van der Waals surface area contributed by atoms with Gasteiger partial charge in [0.25, 0.3) is 0 Å². The number of likely N-dealkylation sites (tertiary alicyclic amines) is 1. The van der Waals surface area contributed by atoms with Crippen LogP contribution < -0.4 is 0 Å². The van der Waals surface area contributed by atoms with Crippen LogP contribution in [0.25, 0.3) is 0 Å². The molecular formula is C15H26N2. The Labute approximate surface area is 105 Å². The number of hydrogen-bond donors (Lipinski definition) is 0. The summed E-state index contributed by atoms with van der Waals surface area (Å²) in [5.74, 6) is 2.14. The molecule has 4 aliphatic heterocycles. The minimum absolute atomic E-state index is 0.630. The number of piperidine rings is 3. The van der Waals surface area contributed by atoms with E-state index in [4.69, 9.17) is 0 Å². The molecule has 5 aliphatic rings. The summed E-state index contributed by atoms with van der Waals surface area (Å²) < 4.78 is 0. The molecule has 0 aromatic carbocycles. The largest absolute Gasteiger partial charge is 0.301 e. The third-order valence-electron chi connectivity index (χ3n) is 6.02. The summed E-state index contributed by atoms with van der Waals surface area (Å²) in [6.45, 7) is 7.00. The molecule has 4 heterocycles. The first-order valence-electron chi connectivity index (χ1n) is 7.84. The van der Waals surface area contributed by atoms with Gasteiger partial charge in [-0.2, -0.15) is 0 Å². The highest BCUT2D eigenvalue weighted by molar-refractivity contribution is 5.08. The molecule has 2 bridgehead atoms. The second kappa shape index (κ2) is 3.96. The number of rotatable bonds is 3. The van der Waals surface area contributed by atoms with Crippen LogP contribution in [-0.4, -0.2) is 48.1 Å². The normalized spacial score (nSPS) is 45.9. The van der Waals surface area contributed by atoms with Crippen molar-refractivity contribution in [2.24, 2.45) is 11.8 Å². The Morgan fingerprint density at radius 1 is 1.00 bits per heavy atom. The summed E-state index contributed by atoms with van der Waals surface area (Å²) in [6.07, 6.45) is 10.5. The van der Waals surface area contributed by atoms with E-state index in [2.05, 4.69) is 9.80 Å². The Bertz CT molecular complexity index is 291. The van der Waals surface area contributed by atoms with Gasteiger partial charge in [-0.05, 0) is 70.1 Å². The van der Waals surface area contributed by atoms with Gasteiger partial charge < -0.3 is 4.90 Å². The first-order valence-corrected chi connectivity index (χ1v) is 7.84. The van der Waals surface area contributed by atoms with Crippen molar-refractivity contribution in [3.63, 3.8) is 0 Å². The van der Waals surface area contributed by atoms with Crippen LogP contribution in [0.15, 0.2) is 0 Å². The number of nitrogens with zero attached hydrogens (tertiary/aromatic N) is 2. The molecule has 2 heteroatoms. The van der Waals surface area contributed by atoms with Crippen molar-refractivity contribution < 1.29 is 0 Å². The Kier molecular flexibility index (Phi) is 2.52. The summed E-state index contributed by atoms with van der Waals surface area (Å²) in [6, 6.07) is 0. The first-order chi connectivity index (χ1) is 8.37. The lowest BCUT2D eigenvalue weighted by Crippen LogP contribution is -2.64. The maximum atomic E-state index is 2.92. The van der Waals surface area contributed by atoms with E-state index in [1.807, 2.05) is 0 Å². The Morgan fingerprint density at radius 2 is 1.82 bits per heavy atom. The van der Waals surface area contributed by atoms with Crippen LogP contribution in [0.4, 0.5) is 0 Å². The first kappa shape index (κ1) is 10.8. The Morgan fingerprint density at radius 3 is 2.47 bits per heavy atom. The molecule has 1 spiro atoms. The van der Waals surface area contributed by atoms with Gasteiger partial charge in [0.1, 0.15) is 0 Å². The fourth-order valence-electron chi connectivity index (χ4n) is 4.82. The average Bonchev–Trinajstić information content (AvgIpc) is 3.12. The van der Waals surface area contributed by atoms with Crippen molar-refractivity contribution in [2.75, 3.05) is 32.7 Å². The lowest BCUT2D eigenvalue weighted by atomic mass is 9.71. The monoisotopic (exact) mass is 234 g/mol. The Hall–Kier alpha value is -0.0800. The summed E-state index contributed by atoms with van der Waals surface area (Å²) >= 11 is 0. The van der Waals surface area contributed by atoms with Crippen LogP contribution in [0, 0.1) is 11.8 Å². The molecule has 1 unspecified atom stereocenters. The Balaban J connectivity index is 1.49. The summed E-state index contributed by atoms with van der Waals surface area (Å²) in [5, 5.41) is 0. The van der Waals surface area contributed by atoms with Gasteiger partial charge in [0.15, 0.2) is 0 Å². The molecule has 0 aromatic heterocycles. The van der Waals surface area contributed by atoms with E-state index in [-0.39, 0.29) is 0 Å². The number of fused-ring (bicyclic) bond motifs is 2. The lowest BCUT2D eigenvalue weighted by Gasteiger charge is -2.55. The highest BCUT2D eigenvalue weighted by Gasteiger charge is 2.52. The average molecular weight is 234 g/mol. The molecule has 1 atom stereocenters. The molecule has 1 saturated carbocycles.